The third kappa shape index (κ3) is 4.19. The van der Waals surface area contributed by atoms with Crippen LogP contribution in [0.1, 0.15) is 13.8 Å². The van der Waals surface area contributed by atoms with Gasteiger partial charge in [-0.05, 0) is 32.0 Å². The van der Waals surface area contributed by atoms with Crippen LogP contribution < -0.4 is 15.1 Å². The smallest absolute Gasteiger partial charge is 0.322 e. The fourth-order valence-electron chi connectivity index (χ4n) is 2.96. The van der Waals surface area contributed by atoms with E-state index in [-0.39, 0.29) is 6.03 Å². The molecular formula is C18H25N7O. The number of aromatic nitrogens is 3. The summed E-state index contributed by atoms with van der Waals surface area (Å²) in [4.78, 5) is 31.5. The number of carbonyl (C=O) groups is 1. The minimum absolute atomic E-state index is 0.101. The van der Waals surface area contributed by atoms with Gasteiger partial charge in [0.05, 0.1) is 11.9 Å². The monoisotopic (exact) mass is 355 g/mol. The van der Waals surface area contributed by atoms with Gasteiger partial charge in [-0.2, -0.15) is 0 Å². The van der Waals surface area contributed by atoms with Crippen LogP contribution in [0.15, 0.2) is 36.8 Å². The topological polar surface area (TPSA) is 77.5 Å². The van der Waals surface area contributed by atoms with Crippen molar-refractivity contribution in [2.45, 2.75) is 13.8 Å². The van der Waals surface area contributed by atoms with Crippen LogP contribution in [0.4, 0.5) is 22.2 Å². The van der Waals surface area contributed by atoms with E-state index in [0.29, 0.717) is 24.7 Å². The second kappa shape index (κ2) is 8.46. The zero-order chi connectivity index (χ0) is 18.4. The van der Waals surface area contributed by atoms with E-state index in [4.69, 9.17) is 0 Å². The molecule has 8 nitrogen and oxygen atoms in total. The zero-order valence-electron chi connectivity index (χ0n) is 15.3. The predicted octanol–water partition coefficient (Wildman–Crippen LogP) is 2.07. The molecule has 0 aromatic carbocycles. The number of pyridine rings is 1. The second-order valence-electron chi connectivity index (χ2n) is 6.03. The molecule has 1 aliphatic heterocycles. The molecule has 2 amide bonds. The van der Waals surface area contributed by atoms with Crippen molar-refractivity contribution in [1.29, 1.82) is 0 Å². The van der Waals surface area contributed by atoms with Crippen molar-refractivity contribution in [2.24, 2.45) is 0 Å². The van der Waals surface area contributed by atoms with Gasteiger partial charge in [-0.15, -0.1) is 0 Å². The largest absolute Gasteiger partial charge is 0.357 e. The Bertz CT molecular complexity index is 695. The summed E-state index contributed by atoms with van der Waals surface area (Å²) >= 11 is 0. The van der Waals surface area contributed by atoms with Gasteiger partial charge in [0, 0.05) is 51.7 Å². The standard InChI is InChI=1S/C18H25N7O/c1-3-23(4-2)16-7-6-15(14-21-16)22-18(26)25-12-10-24(11-13-25)17-19-8-5-9-20-17/h5-9,14H,3-4,10-13H2,1-2H3,(H,22,26). The summed E-state index contributed by atoms with van der Waals surface area (Å²) in [7, 11) is 0. The van der Waals surface area contributed by atoms with Crippen molar-refractivity contribution in [1.82, 2.24) is 19.9 Å². The van der Waals surface area contributed by atoms with Gasteiger partial charge in [0.1, 0.15) is 5.82 Å². The minimum atomic E-state index is -0.101. The first-order valence-electron chi connectivity index (χ1n) is 9.00. The summed E-state index contributed by atoms with van der Waals surface area (Å²) in [6, 6.07) is 5.53. The van der Waals surface area contributed by atoms with E-state index in [9.17, 15) is 4.79 Å². The number of urea groups is 1. The number of hydrogen-bond donors (Lipinski definition) is 1. The van der Waals surface area contributed by atoms with E-state index in [2.05, 4.69) is 43.9 Å². The fourth-order valence-corrected chi connectivity index (χ4v) is 2.96. The first kappa shape index (κ1) is 17.9. The van der Waals surface area contributed by atoms with E-state index in [1.807, 2.05) is 12.1 Å². The molecule has 3 heterocycles. The highest BCUT2D eigenvalue weighted by atomic mass is 16.2. The molecule has 1 aliphatic rings. The lowest BCUT2D eigenvalue weighted by molar-refractivity contribution is 0.208. The van der Waals surface area contributed by atoms with Crippen molar-refractivity contribution in [2.75, 3.05) is 54.4 Å². The van der Waals surface area contributed by atoms with Gasteiger partial charge in [0.15, 0.2) is 0 Å². The molecule has 0 aliphatic carbocycles. The molecule has 0 saturated carbocycles. The summed E-state index contributed by atoms with van der Waals surface area (Å²) in [6.45, 7) is 8.72. The van der Waals surface area contributed by atoms with E-state index >= 15 is 0 Å². The first-order chi connectivity index (χ1) is 12.7. The third-order valence-corrected chi connectivity index (χ3v) is 4.49. The summed E-state index contributed by atoms with van der Waals surface area (Å²) < 4.78 is 0. The number of rotatable bonds is 5. The molecule has 1 N–H and O–H groups in total. The molecule has 0 unspecified atom stereocenters. The summed E-state index contributed by atoms with van der Waals surface area (Å²) in [5, 5.41) is 2.92. The van der Waals surface area contributed by atoms with Crippen molar-refractivity contribution < 1.29 is 4.79 Å². The van der Waals surface area contributed by atoms with Crippen LogP contribution in [0.25, 0.3) is 0 Å². The lowest BCUT2D eigenvalue weighted by Gasteiger charge is -2.34. The van der Waals surface area contributed by atoms with Crippen LogP contribution in [0.5, 0.6) is 0 Å². The number of nitrogens with one attached hydrogen (secondary N) is 1. The van der Waals surface area contributed by atoms with E-state index in [1.54, 1.807) is 29.6 Å². The zero-order valence-corrected chi connectivity index (χ0v) is 15.3. The summed E-state index contributed by atoms with van der Waals surface area (Å²) in [5.41, 5.74) is 0.708. The lowest BCUT2D eigenvalue weighted by Crippen LogP contribution is -2.50. The summed E-state index contributed by atoms with van der Waals surface area (Å²) in [6.07, 6.45) is 5.17. The molecule has 2 aromatic rings. The Kier molecular flexibility index (Phi) is 5.83. The number of piperazine rings is 1. The Morgan fingerprint density at radius 3 is 2.35 bits per heavy atom. The highest BCUT2D eigenvalue weighted by Crippen LogP contribution is 2.15. The van der Waals surface area contributed by atoms with Crippen molar-refractivity contribution in [3.8, 4) is 0 Å². The minimum Gasteiger partial charge on any atom is -0.357 e. The number of anilines is 3. The van der Waals surface area contributed by atoms with Crippen LogP contribution in [0, 0.1) is 0 Å². The molecule has 2 aromatic heterocycles. The van der Waals surface area contributed by atoms with Gasteiger partial charge < -0.3 is 20.0 Å². The molecule has 138 valence electrons. The molecule has 1 saturated heterocycles. The normalized spacial score (nSPS) is 14.2. The SMILES string of the molecule is CCN(CC)c1ccc(NC(=O)N2CCN(c3ncccn3)CC2)cn1. The van der Waals surface area contributed by atoms with Crippen LogP contribution in [0.2, 0.25) is 0 Å². The quantitative estimate of drug-likeness (QED) is 0.885. The summed E-state index contributed by atoms with van der Waals surface area (Å²) in [5.74, 6) is 1.63. The van der Waals surface area contributed by atoms with E-state index < -0.39 is 0 Å². The molecular weight excluding hydrogens is 330 g/mol. The Morgan fingerprint density at radius 1 is 1.08 bits per heavy atom. The average molecular weight is 355 g/mol. The number of amides is 2. The number of nitrogens with zero attached hydrogens (tertiary/aromatic N) is 6. The van der Waals surface area contributed by atoms with Crippen molar-refractivity contribution >= 4 is 23.5 Å². The molecule has 0 spiro atoms. The maximum atomic E-state index is 12.5. The Balaban J connectivity index is 1.53. The molecule has 1 fully saturated rings. The maximum Gasteiger partial charge on any atom is 0.322 e. The molecule has 0 atom stereocenters. The predicted molar refractivity (Wildman–Crippen MR) is 103 cm³/mol. The van der Waals surface area contributed by atoms with Crippen molar-refractivity contribution in [3.05, 3.63) is 36.8 Å². The average Bonchev–Trinajstić information content (AvgIpc) is 2.71. The Labute approximate surface area is 153 Å². The molecule has 3 rings (SSSR count). The lowest BCUT2D eigenvalue weighted by atomic mass is 10.3. The van der Waals surface area contributed by atoms with E-state index in [1.165, 1.54) is 0 Å². The molecule has 26 heavy (non-hydrogen) atoms. The van der Waals surface area contributed by atoms with E-state index in [0.717, 1.165) is 32.0 Å². The number of carbonyl (C=O) groups excluding carboxylic acids is 1. The Hall–Kier alpha value is -2.90. The maximum absolute atomic E-state index is 12.5. The highest BCUT2D eigenvalue weighted by Gasteiger charge is 2.22. The number of hydrogen-bond acceptors (Lipinski definition) is 6. The fraction of sp³-hybridized carbons (Fsp3) is 0.444. The van der Waals surface area contributed by atoms with Crippen molar-refractivity contribution in [3.63, 3.8) is 0 Å². The Morgan fingerprint density at radius 2 is 1.77 bits per heavy atom. The van der Waals surface area contributed by atoms with Gasteiger partial charge in [-0.3, -0.25) is 0 Å². The highest BCUT2D eigenvalue weighted by molar-refractivity contribution is 5.89. The van der Waals surface area contributed by atoms with Crippen LogP contribution >= 0.6 is 0 Å². The van der Waals surface area contributed by atoms with Crippen LogP contribution in [-0.4, -0.2) is 65.2 Å². The molecule has 0 bridgehead atoms. The second-order valence-corrected chi connectivity index (χ2v) is 6.03. The molecule has 0 radical (unpaired) electrons. The van der Waals surface area contributed by atoms with Gasteiger partial charge in [-0.1, -0.05) is 0 Å². The van der Waals surface area contributed by atoms with Crippen LogP contribution in [-0.2, 0) is 0 Å². The first-order valence-corrected chi connectivity index (χ1v) is 9.00. The third-order valence-electron chi connectivity index (χ3n) is 4.49. The van der Waals surface area contributed by atoms with Crippen LogP contribution in [0.3, 0.4) is 0 Å². The molecule has 8 heteroatoms. The van der Waals surface area contributed by atoms with Gasteiger partial charge >= 0.3 is 6.03 Å². The van der Waals surface area contributed by atoms with Gasteiger partial charge in [0.25, 0.3) is 0 Å². The van der Waals surface area contributed by atoms with Gasteiger partial charge in [0.2, 0.25) is 5.95 Å². The van der Waals surface area contributed by atoms with Gasteiger partial charge in [-0.25, -0.2) is 19.7 Å².